The Morgan fingerprint density at radius 1 is 1.59 bits per heavy atom. The van der Waals surface area contributed by atoms with Crippen molar-refractivity contribution in [2.45, 2.75) is 30.2 Å². The molecule has 0 amide bonds. The Kier molecular flexibility index (Phi) is 3.60. The highest BCUT2D eigenvalue weighted by Gasteiger charge is 2.53. The van der Waals surface area contributed by atoms with Gasteiger partial charge in [-0.2, -0.15) is 0 Å². The molecule has 2 aromatic rings. The molecule has 22 heavy (non-hydrogen) atoms. The molecule has 1 aliphatic heterocycles. The maximum Gasteiger partial charge on any atom is 0.157 e. The van der Waals surface area contributed by atoms with Gasteiger partial charge in [0.05, 0.1) is 12.0 Å². The lowest BCUT2D eigenvalue weighted by atomic mass is 10.0. The van der Waals surface area contributed by atoms with Crippen LogP contribution in [0.15, 0.2) is 19.1 Å². The number of nitrogens with zero attached hydrogens (tertiary/aromatic N) is 3. The highest BCUT2D eigenvalue weighted by atomic mass is 35.5. The van der Waals surface area contributed by atoms with E-state index in [0.29, 0.717) is 16.9 Å². The molecule has 4 N–H and O–H groups in total. The van der Waals surface area contributed by atoms with Crippen LogP contribution in [0.5, 0.6) is 0 Å². The molecule has 2 aromatic heterocycles. The van der Waals surface area contributed by atoms with Gasteiger partial charge in [0.15, 0.2) is 6.23 Å². The first kappa shape index (κ1) is 15.2. The molecule has 0 bridgehead atoms. The third-order valence-electron chi connectivity index (χ3n) is 4.04. The van der Waals surface area contributed by atoms with Gasteiger partial charge in [-0.15, -0.1) is 11.6 Å². The molecular weight excluding hydrogens is 308 g/mol. The summed E-state index contributed by atoms with van der Waals surface area (Å²) >= 11 is 6.48. The number of anilines is 1. The number of aromatic nitrogens is 3. The van der Waals surface area contributed by atoms with Gasteiger partial charge in [-0.3, -0.25) is 0 Å². The van der Waals surface area contributed by atoms with Crippen LogP contribution in [0, 0.1) is 0 Å². The van der Waals surface area contributed by atoms with Crippen molar-refractivity contribution in [3.8, 4) is 0 Å². The number of nitrogen functional groups attached to an aromatic ring is 1. The minimum atomic E-state index is -1.13. The number of rotatable bonds is 3. The third-order valence-corrected chi connectivity index (χ3v) is 4.45. The summed E-state index contributed by atoms with van der Waals surface area (Å²) in [5.74, 6) is 0.326. The smallest absolute Gasteiger partial charge is 0.157 e. The van der Waals surface area contributed by atoms with Crippen LogP contribution in [-0.2, 0) is 4.74 Å². The van der Waals surface area contributed by atoms with Gasteiger partial charge < -0.3 is 25.3 Å². The van der Waals surface area contributed by atoms with E-state index >= 15 is 0 Å². The van der Waals surface area contributed by atoms with Crippen molar-refractivity contribution in [2.75, 3.05) is 12.3 Å². The highest BCUT2D eigenvalue weighted by molar-refractivity contribution is 6.24. The topological polar surface area (TPSA) is 106 Å². The Hall–Kier alpha value is -1.67. The van der Waals surface area contributed by atoms with Gasteiger partial charge in [-0.25, -0.2) is 9.97 Å². The molecule has 1 saturated heterocycles. The first-order valence-corrected chi connectivity index (χ1v) is 7.16. The summed E-state index contributed by atoms with van der Waals surface area (Å²) in [4.78, 5) is 7.09. The lowest BCUT2D eigenvalue weighted by Gasteiger charge is -2.26. The monoisotopic (exact) mass is 324 g/mol. The number of aliphatic hydroxyl groups is 2. The Bertz CT molecular complexity index is 730. The number of nitrogens with two attached hydrogens (primary N) is 1. The Balaban J connectivity index is 2.19. The molecule has 7 nitrogen and oxygen atoms in total. The van der Waals surface area contributed by atoms with Crippen LogP contribution in [0.4, 0.5) is 5.82 Å². The third kappa shape index (κ3) is 2.01. The van der Waals surface area contributed by atoms with E-state index in [2.05, 4.69) is 16.5 Å². The SMILES string of the molecule is C=Cc1cn([C@@H]2OC(CO)C(O)[C@@]2(C)Cl)c2ncnc(N)c12. The van der Waals surface area contributed by atoms with Crippen LogP contribution in [-0.4, -0.2) is 48.4 Å². The van der Waals surface area contributed by atoms with Gasteiger partial charge in [0, 0.05) is 11.8 Å². The van der Waals surface area contributed by atoms with Gasteiger partial charge in [-0.1, -0.05) is 12.7 Å². The number of hydrogen-bond donors (Lipinski definition) is 3. The minimum Gasteiger partial charge on any atom is -0.394 e. The minimum absolute atomic E-state index is 0.326. The average Bonchev–Trinajstić information content (AvgIpc) is 2.97. The Morgan fingerprint density at radius 2 is 2.32 bits per heavy atom. The number of alkyl halides is 1. The fraction of sp³-hybridized carbons (Fsp3) is 0.429. The summed E-state index contributed by atoms with van der Waals surface area (Å²) in [7, 11) is 0. The standard InChI is InChI=1S/C14H17ClN4O3/c1-3-7-4-19(12-9(7)11(16)17-6-18-12)13-14(2,15)10(21)8(5-20)22-13/h3-4,6,8,10,13,20-21H,1,5H2,2H3,(H2,16,17,18)/t8?,10?,13-,14-/m1/s1. The molecule has 0 aromatic carbocycles. The van der Waals surface area contributed by atoms with Crippen molar-refractivity contribution in [2.24, 2.45) is 0 Å². The van der Waals surface area contributed by atoms with E-state index in [9.17, 15) is 10.2 Å². The van der Waals surface area contributed by atoms with Gasteiger partial charge in [0.2, 0.25) is 0 Å². The van der Waals surface area contributed by atoms with Crippen LogP contribution in [0.1, 0.15) is 18.7 Å². The second kappa shape index (κ2) is 5.20. The maximum atomic E-state index is 10.2. The van der Waals surface area contributed by atoms with Crippen molar-refractivity contribution < 1.29 is 14.9 Å². The van der Waals surface area contributed by atoms with Crippen LogP contribution in [0.3, 0.4) is 0 Å². The molecule has 0 radical (unpaired) electrons. The van der Waals surface area contributed by atoms with E-state index in [1.54, 1.807) is 23.8 Å². The van der Waals surface area contributed by atoms with Crippen molar-refractivity contribution >= 4 is 34.5 Å². The second-order valence-electron chi connectivity index (χ2n) is 5.46. The molecule has 3 rings (SSSR count). The number of fused-ring (bicyclic) bond motifs is 1. The van der Waals surface area contributed by atoms with E-state index < -0.39 is 23.3 Å². The van der Waals surface area contributed by atoms with E-state index in [-0.39, 0.29) is 6.61 Å². The van der Waals surface area contributed by atoms with E-state index in [0.717, 1.165) is 5.56 Å². The first-order chi connectivity index (χ1) is 10.4. The molecular formula is C14H17ClN4O3. The van der Waals surface area contributed by atoms with Gasteiger partial charge >= 0.3 is 0 Å². The van der Waals surface area contributed by atoms with Gasteiger partial charge in [0.25, 0.3) is 0 Å². The molecule has 0 spiro atoms. The van der Waals surface area contributed by atoms with E-state index in [4.69, 9.17) is 22.1 Å². The van der Waals surface area contributed by atoms with Crippen molar-refractivity contribution in [3.05, 3.63) is 24.7 Å². The van der Waals surface area contributed by atoms with Gasteiger partial charge in [-0.05, 0) is 6.92 Å². The zero-order chi connectivity index (χ0) is 16.1. The number of aliphatic hydroxyl groups excluding tert-OH is 2. The average molecular weight is 325 g/mol. The summed E-state index contributed by atoms with van der Waals surface area (Å²) in [5.41, 5.74) is 7.19. The van der Waals surface area contributed by atoms with Crippen molar-refractivity contribution in [1.29, 1.82) is 0 Å². The van der Waals surface area contributed by atoms with Crippen molar-refractivity contribution in [1.82, 2.24) is 14.5 Å². The Morgan fingerprint density at radius 3 is 2.91 bits per heavy atom. The molecule has 8 heteroatoms. The lowest BCUT2D eigenvalue weighted by molar-refractivity contribution is -0.0439. The molecule has 2 unspecified atom stereocenters. The van der Waals surface area contributed by atoms with Crippen LogP contribution >= 0.6 is 11.6 Å². The molecule has 0 aliphatic carbocycles. The highest BCUT2D eigenvalue weighted by Crippen LogP contribution is 2.45. The first-order valence-electron chi connectivity index (χ1n) is 6.78. The molecule has 3 heterocycles. The van der Waals surface area contributed by atoms with Crippen LogP contribution in [0.2, 0.25) is 0 Å². The molecule has 1 aliphatic rings. The summed E-state index contributed by atoms with van der Waals surface area (Å²) in [6.07, 6.45) is 2.23. The van der Waals surface area contributed by atoms with Crippen LogP contribution < -0.4 is 5.73 Å². The summed E-state index contributed by atoms with van der Waals surface area (Å²) < 4.78 is 7.42. The predicted molar refractivity (Wildman–Crippen MR) is 83.3 cm³/mol. The Labute approximate surface area is 132 Å². The van der Waals surface area contributed by atoms with Crippen molar-refractivity contribution in [3.63, 3.8) is 0 Å². The normalized spacial score (nSPS) is 31.7. The number of halogens is 1. The van der Waals surface area contributed by atoms with E-state index in [1.807, 2.05) is 0 Å². The molecule has 1 fully saturated rings. The maximum absolute atomic E-state index is 10.2. The zero-order valence-electron chi connectivity index (χ0n) is 12.0. The molecule has 0 saturated carbocycles. The lowest BCUT2D eigenvalue weighted by Crippen LogP contribution is -2.39. The summed E-state index contributed by atoms with van der Waals surface area (Å²) in [5, 5.41) is 20.2. The quantitative estimate of drug-likeness (QED) is 0.724. The zero-order valence-corrected chi connectivity index (χ0v) is 12.7. The van der Waals surface area contributed by atoms with E-state index in [1.165, 1.54) is 6.33 Å². The van der Waals surface area contributed by atoms with Crippen LogP contribution in [0.25, 0.3) is 17.1 Å². The summed E-state index contributed by atoms with van der Waals surface area (Å²) in [6.45, 7) is 5.08. The fourth-order valence-corrected chi connectivity index (χ4v) is 3.13. The fourth-order valence-electron chi connectivity index (χ4n) is 2.83. The van der Waals surface area contributed by atoms with Gasteiger partial charge in [0.1, 0.15) is 34.9 Å². The second-order valence-corrected chi connectivity index (χ2v) is 6.27. The number of ether oxygens (including phenoxy) is 1. The largest absolute Gasteiger partial charge is 0.394 e. The molecule has 4 atom stereocenters. The predicted octanol–water partition coefficient (Wildman–Crippen LogP) is 0.905. The number of hydrogen-bond acceptors (Lipinski definition) is 6. The summed E-state index contributed by atoms with van der Waals surface area (Å²) in [6, 6.07) is 0. The molecule has 118 valence electrons.